The van der Waals surface area contributed by atoms with Gasteiger partial charge in [0.15, 0.2) is 0 Å². The lowest BCUT2D eigenvalue weighted by Crippen LogP contribution is -2.01. The molecule has 2 aromatic carbocycles. The lowest BCUT2D eigenvalue weighted by Gasteiger charge is -2.04. The van der Waals surface area contributed by atoms with Crippen molar-refractivity contribution < 1.29 is 14.3 Å². The molecule has 3 N–H and O–H groups in total. The maximum atomic E-state index is 11.5. The van der Waals surface area contributed by atoms with E-state index >= 15 is 0 Å². The summed E-state index contributed by atoms with van der Waals surface area (Å²) in [5.41, 5.74) is 7.82. The Labute approximate surface area is 121 Å². The zero-order valence-corrected chi connectivity index (χ0v) is 11.1. The average molecular weight is 279 g/mol. The van der Waals surface area contributed by atoms with Crippen molar-refractivity contribution in [3.63, 3.8) is 0 Å². The van der Waals surface area contributed by atoms with Crippen LogP contribution in [-0.4, -0.2) is 11.1 Å². The highest BCUT2D eigenvalue weighted by molar-refractivity contribution is 6.04. The quantitative estimate of drug-likeness (QED) is 0.762. The molecule has 3 rings (SSSR count). The molecule has 0 aliphatic heterocycles. The number of benzene rings is 2. The number of carbonyl (C=O) groups is 1. The largest absolute Gasteiger partial charge is 0.477 e. The van der Waals surface area contributed by atoms with Crippen LogP contribution in [0.5, 0.6) is 0 Å². The van der Waals surface area contributed by atoms with Crippen LogP contribution in [-0.2, 0) is 0 Å². The molecule has 1 heterocycles. The van der Waals surface area contributed by atoms with E-state index in [0.29, 0.717) is 11.3 Å². The van der Waals surface area contributed by atoms with Gasteiger partial charge in [-0.15, -0.1) is 0 Å². The Morgan fingerprint density at radius 1 is 0.905 bits per heavy atom. The van der Waals surface area contributed by atoms with Gasteiger partial charge in [-0.1, -0.05) is 60.7 Å². The zero-order chi connectivity index (χ0) is 14.8. The highest BCUT2D eigenvalue weighted by atomic mass is 16.4. The SMILES string of the molecule is Nc1oc(-c2ccccc2)c(-c2ccccc2)c1C(=O)O. The molecule has 0 radical (unpaired) electrons. The van der Waals surface area contributed by atoms with Gasteiger partial charge in [0.1, 0.15) is 11.3 Å². The predicted molar refractivity (Wildman–Crippen MR) is 81.0 cm³/mol. The Morgan fingerprint density at radius 2 is 1.43 bits per heavy atom. The van der Waals surface area contributed by atoms with Crippen molar-refractivity contribution in [1.29, 1.82) is 0 Å². The van der Waals surface area contributed by atoms with Crippen LogP contribution in [0.15, 0.2) is 65.1 Å². The molecular formula is C17H13NO3. The van der Waals surface area contributed by atoms with Crippen molar-refractivity contribution in [1.82, 2.24) is 0 Å². The van der Waals surface area contributed by atoms with Crippen molar-refractivity contribution in [2.24, 2.45) is 0 Å². The van der Waals surface area contributed by atoms with E-state index < -0.39 is 5.97 Å². The number of aromatic carboxylic acids is 1. The second-order valence-corrected chi connectivity index (χ2v) is 4.58. The fourth-order valence-electron chi connectivity index (χ4n) is 2.33. The first-order valence-corrected chi connectivity index (χ1v) is 6.45. The summed E-state index contributed by atoms with van der Waals surface area (Å²) in [6, 6.07) is 18.6. The maximum absolute atomic E-state index is 11.5. The monoisotopic (exact) mass is 279 g/mol. The summed E-state index contributed by atoms with van der Waals surface area (Å²) in [5.74, 6) is -0.714. The first-order chi connectivity index (χ1) is 10.2. The summed E-state index contributed by atoms with van der Waals surface area (Å²) < 4.78 is 5.54. The van der Waals surface area contributed by atoms with Crippen LogP contribution in [0.1, 0.15) is 10.4 Å². The molecule has 4 nitrogen and oxygen atoms in total. The number of nitrogens with two attached hydrogens (primary N) is 1. The molecule has 0 atom stereocenters. The Balaban J connectivity index is 2.32. The van der Waals surface area contributed by atoms with Gasteiger partial charge in [-0.3, -0.25) is 0 Å². The number of carboxylic acid groups (broad SMARTS) is 1. The molecule has 4 heteroatoms. The maximum Gasteiger partial charge on any atom is 0.341 e. The normalized spacial score (nSPS) is 10.5. The van der Waals surface area contributed by atoms with Crippen LogP contribution in [0, 0.1) is 0 Å². The van der Waals surface area contributed by atoms with Gasteiger partial charge in [-0.2, -0.15) is 0 Å². The van der Waals surface area contributed by atoms with E-state index in [1.165, 1.54) is 0 Å². The van der Waals surface area contributed by atoms with Gasteiger partial charge in [0.2, 0.25) is 5.88 Å². The minimum Gasteiger partial charge on any atom is -0.477 e. The molecule has 0 aliphatic rings. The third-order valence-corrected chi connectivity index (χ3v) is 3.25. The number of anilines is 1. The number of furan rings is 1. The third kappa shape index (κ3) is 2.27. The Morgan fingerprint density at radius 3 is 1.95 bits per heavy atom. The van der Waals surface area contributed by atoms with Crippen LogP contribution in [0.3, 0.4) is 0 Å². The van der Waals surface area contributed by atoms with Gasteiger partial charge in [0.05, 0.1) is 0 Å². The Hall–Kier alpha value is -3.01. The van der Waals surface area contributed by atoms with Crippen LogP contribution in [0.4, 0.5) is 5.88 Å². The standard InChI is InChI=1S/C17H13NO3/c18-16-14(17(19)20)13(11-7-3-1-4-8-11)15(21-16)12-9-5-2-6-10-12/h1-10H,18H2,(H,19,20). The molecule has 21 heavy (non-hydrogen) atoms. The summed E-state index contributed by atoms with van der Waals surface area (Å²) in [6.07, 6.45) is 0. The molecule has 0 bridgehead atoms. The molecule has 0 saturated carbocycles. The minimum atomic E-state index is -1.10. The van der Waals surface area contributed by atoms with E-state index in [0.717, 1.165) is 11.1 Å². The van der Waals surface area contributed by atoms with Gasteiger partial charge in [-0.25, -0.2) is 4.79 Å². The van der Waals surface area contributed by atoms with Gasteiger partial charge in [-0.05, 0) is 5.56 Å². The average Bonchev–Trinajstić information content (AvgIpc) is 2.86. The van der Waals surface area contributed by atoms with Crippen LogP contribution >= 0.6 is 0 Å². The minimum absolute atomic E-state index is 0.0000491. The summed E-state index contributed by atoms with van der Waals surface area (Å²) >= 11 is 0. The van der Waals surface area contributed by atoms with E-state index in [1.807, 2.05) is 60.7 Å². The molecule has 1 aromatic heterocycles. The van der Waals surface area contributed by atoms with Gasteiger partial charge in [0, 0.05) is 11.1 Å². The fraction of sp³-hybridized carbons (Fsp3) is 0. The molecule has 0 unspecified atom stereocenters. The number of hydrogen-bond acceptors (Lipinski definition) is 3. The van der Waals surface area contributed by atoms with E-state index in [1.54, 1.807) is 0 Å². The second-order valence-electron chi connectivity index (χ2n) is 4.58. The Kier molecular flexibility index (Phi) is 3.20. The topological polar surface area (TPSA) is 76.5 Å². The lowest BCUT2D eigenvalue weighted by atomic mass is 9.98. The highest BCUT2D eigenvalue weighted by Crippen LogP contribution is 2.40. The summed E-state index contributed by atoms with van der Waals surface area (Å²) in [5, 5.41) is 9.43. The fourth-order valence-corrected chi connectivity index (χ4v) is 2.33. The van der Waals surface area contributed by atoms with Crippen LogP contribution in [0.2, 0.25) is 0 Å². The van der Waals surface area contributed by atoms with E-state index in [4.69, 9.17) is 10.2 Å². The molecule has 0 fully saturated rings. The summed E-state index contributed by atoms with van der Waals surface area (Å²) in [4.78, 5) is 11.5. The van der Waals surface area contributed by atoms with Crippen LogP contribution < -0.4 is 5.73 Å². The van der Waals surface area contributed by atoms with Crippen molar-refractivity contribution in [3.8, 4) is 22.5 Å². The number of nitrogen functional groups attached to an aromatic ring is 1. The molecule has 0 amide bonds. The smallest absolute Gasteiger partial charge is 0.341 e. The van der Waals surface area contributed by atoms with Gasteiger partial charge < -0.3 is 15.3 Å². The number of hydrogen-bond donors (Lipinski definition) is 2. The van der Waals surface area contributed by atoms with Crippen molar-refractivity contribution >= 4 is 11.9 Å². The molecule has 104 valence electrons. The second kappa shape index (κ2) is 5.17. The number of carboxylic acids is 1. The van der Waals surface area contributed by atoms with Crippen LogP contribution in [0.25, 0.3) is 22.5 Å². The lowest BCUT2D eigenvalue weighted by molar-refractivity contribution is 0.0698. The molecule has 0 saturated heterocycles. The van der Waals surface area contributed by atoms with Gasteiger partial charge in [0.25, 0.3) is 0 Å². The van der Waals surface area contributed by atoms with Crippen molar-refractivity contribution in [2.45, 2.75) is 0 Å². The first kappa shape index (κ1) is 13.0. The predicted octanol–water partition coefficient (Wildman–Crippen LogP) is 3.89. The number of rotatable bonds is 3. The zero-order valence-electron chi connectivity index (χ0n) is 11.1. The summed E-state index contributed by atoms with van der Waals surface area (Å²) in [6.45, 7) is 0. The van der Waals surface area contributed by atoms with E-state index in [9.17, 15) is 9.90 Å². The Bertz CT molecular complexity index is 777. The van der Waals surface area contributed by atoms with Gasteiger partial charge >= 0.3 is 5.97 Å². The van der Waals surface area contributed by atoms with E-state index in [-0.39, 0.29) is 11.4 Å². The van der Waals surface area contributed by atoms with E-state index in [2.05, 4.69) is 0 Å². The molecular weight excluding hydrogens is 266 g/mol. The highest BCUT2D eigenvalue weighted by Gasteiger charge is 2.25. The van der Waals surface area contributed by atoms with Crippen molar-refractivity contribution in [3.05, 3.63) is 66.2 Å². The third-order valence-electron chi connectivity index (χ3n) is 3.25. The summed E-state index contributed by atoms with van der Waals surface area (Å²) in [7, 11) is 0. The molecule has 3 aromatic rings. The first-order valence-electron chi connectivity index (χ1n) is 6.45. The molecule has 0 spiro atoms. The molecule has 0 aliphatic carbocycles. The van der Waals surface area contributed by atoms with Crippen molar-refractivity contribution in [2.75, 3.05) is 5.73 Å².